The summed E-state index contributed by atoms with van der Waals surface area (Å²) in [7, 11) is 0. The molecule has 0 saturated carbocycles. The van der Waals surface area contributed by atoms with E-state index in [9.17, 15) is 0 Å². The molecule has 5 N–H and O–H groups in total. The highest BCUT2D eigenvalue weighted by molar-refractivity contribution is 5.83. The van der Waals surface area contributed by atoms with Gasteiger partial charge < -0.3 is 11.5 Å². The molecule has 0 saturated heterocycles. The van der Waals surface area contributed by atoms with Gasteiger partial charge in [0.15, 0.2) is 0 Å². The molecule has 1 heterocycles. The molecule has 5 nitrogen and oxygen atoms in total. The van der Waals surface area contributed by atoms with E-state index in [0.29, 0.717) is 11.4 Å². The van der Waals surface area contributed by atoms with Gasteiger partial charge in [0.25, 0.3) is 0 Å². The van der Waals surface area contributed by atoms with E-state index < -0.39 is 0 Å². The van der Waals surface area contributed by atoms with E-state index in [1.807, 2.05) is 0 Å². The summed E-state index contributed by atoms with van der Waals surface area (Å²) >= 11 is 0. The van der Waals surface area contributed by atoms with Crippen molar-refractivity contribution in [2.45, 2.75) is 0 Å². The van der Waals surface area contributed by atoms with Gasteiger partial charge in [0, 0.05) is 6.20 Å². The summed E-state index contributed by atoms with van der Waals surface area (Å²) in [5.74, 6) is 0.269. The maximum absolute atomic E-state index is 5.60. The number of nitrogens with two attached hydrogens (primary N) is 2. The first-order valence-electron chi connectivity index (χ1n) is 3.64. The van der Waals surface area contributed by atoms with E-state index in [1.165, 1.54) is 6.21 Å². The maximum Gasteiger partial charge on any atom is 0.109 e. The number of hydrogen-bond acceptors (Lipinski definition) is 5. The van der Waals surface area contributed by atoms with Crippen molar-refractivity contribution in [1.29, 1.82) is 0 Å². The number of anilines is 1. The lowest BCUT2D eigenvalue weighted by Crippen LogP contribution is -2.12. The first-order chi connectivity index (χ1) is 6.20. The molecule has 0 bridgehead atoms. The van der Waals surface area contributed by atoms with Gasteiger partial charge in [-0.3, -0.25) is 10.4 Å². The SMILES string of the molecule is C=C(N)N/N=C/c1ncccc1N. The molecular weight excluding hydrogens is 166 g/mol. The van der Waals surface area contributed by atoms with Crippen molar-refractivity contribution >= 4 is 11.9 Å². The van der Waals surface area contributed by atoms with E-state index in [-0.39, 0.29) is 5.82 Å². The van der Waals surface area contributed by atoms with Gasteiger partial charge in [-0.05, 0) is 12.1 Å². The predicted molar refractivity (Wildman–Crippen MR) is 52.7 cm³/mol. The van der Waals surface area contributed by atoms with Crippen molar-refractivity contribution in [2.75, 3.05) is 5.73 Å². The Labute approximate surface area is 76.2 Å². The number of pyridine rings is 1. The Morgan fingerprint density at radius 3 is 3.08 bits per heavy atom. The molecule has 0 atom stereocenters. The highest BCUT2D eigenvalue weighted by atomic mass is 15.3. The number of hydrogen-bond donors (Lipinski definition) is 3. The van der Waals surface area contributed by atoms with Crippen LogP contribution in [-0.2, 0) is 0 Å². The van der Waals surface area contributed by atoms with E-state index >= 15 is 0 Å². The Hall–Kier alpha value is -2.04. The summed E-state index contributed by atoms with van der Waals surface area (Å²) in [5.41, 5.74) is 14.5. The highest BCUT2D eigenvalue weighted by Crippen LogP contribution is 2.02. The molecule has 0 aliphatic heterocycles. The molecule has 1 aromatic heterocycles. The zero-order chi connectivity index (χ0) is 9.68. The maximum atomic E-state index is 5.60. The van der Waals surface area contributed by atoms with Crippen LogP contribution < -0.4 is 16.9 Å². The van der Waals surface area contributed by atoms with Crippen LogP contribution in [0, 0.1) is 0 Å². The summed E-state index contributed by atoms with van der Waals surface area (Å²) in [6, 6.07) is 3.49. The second-order valence-corrected chi connectivity index (χ2v) is 2.37. The predicted octanol–water partition coefficient (Wildman–Crippen LogP) is 0.0172. The van der Waals surface area contributed by atoms with Gasteiger partial charge in [0.1, 0.15) is 11.5 Å². The fourth-order valence-electron chi connectivity index (χ4n) is 0.714. The van der Waals surface area contributed by atoms with E-state index in [1.54, 1.807) is 18.3 Å². The van der Waals surface area contributed by atoms with Crippen molar-refractivity contribution in [3.8, 4) is 0 Å². The summed E-state index contributed by atoms with van der Waals surface area (Å²) in [5, 5.41) is 3.76. The average Bonchev–Trinajstić information content (AvgIpc) is 2.08. The lowest BCUT2D eigenvalue weighted by Gasteiger charge is -1.98. The number of nitrogens with one attached hydrogen (secondary N) is 1. The Balaban J connectivity index is 2.68. The van der Waals surface area contributed by atoms with Gasteiger partial charge in [-0.15, -0.1) is 0 Å². The summed E-state index contributed by atoms with van der Waals surface area (Å²) < 4.78 is 0. The van der Waals surface area contributed by atoms with Crippen molar-refractivity contribution in [3.05, 3.63) is 36.4 Å². The zero-order valence-electron chi connectivity index (χ0n) is 7.07. The van der Waals surface area contributed by atoms with Crippen LogP contribution in [0.25, 0.3) is 0 Å². The molecule has 1 rings (SSSR count). The quantitative estimate of drug-likeness (QED) is 0.448. The highest BCUT2D eigenvalue weighted by Gasteiger charge is 1.93. The minimum atomic E-state index is 0.269. The Morgan fingerprint density at radius 1 is 1.69 bits per heavy atom. The minimum Gasteiger partial charge on any atom is -0.397 e. The monoisotopic (exact) mass is 177 g/mol. The van der Waals surface area contributed by atoms with Gasteiger partial charge in [-0.25, -0.2) is 0 Å². The van der Waals surface area contributed by atoms with Crippen molar-refractivity contribution in [1.82, 2.24) is 10.4 Å². The summed E-state index contributed by atoms with van der Waals surface area (Å²) in [4.78, 5) is 3.99. The van der Waals surface area contributed by atoms with Crippen molar-refractivity contribution in [2.24, 2.45) is 10.8 Å². The molecule has 13 heavy (non-hydrogen) atoms. The molecule has 0 amide bonds. The molecule has 1 aromatic rings. The van der Waals surface area contributed by atoms with E-state index in [4.69, 9.17) is 11.5 Å². The van der Waals surface area contributed by atoms with Gasteiger partial charge >= 0.3 is 0 Å². The third-order valence-corrected chi connectivity index (χ3v) is 1.27. The van der Waals surface area contributed by atoms with Gasteiger partial charge in [0.2, 0.25) is 0 Å². The lowest BCUT2D eigenvalue weighted by atomic mass is 10.3. The molecule has 0 unspecified atom stereocenters. The number of aromatic nitrogens is 1. The fourth-order valence-corrected chi connectivity index (χ4v) is 0.714. The van der Waals surface area contributed by atoms with Crippen LogP contribution in [0.2, 0.25) is 0 Å². The molecule has 0 aromatic carbocycles. The third kappa shape index (κ3) is 2.82. The molecule has 0 spiro atoms. The third-order valence-electron chi connectivity index (χ3n) is 1.27. The number of rotatable bonds is 3. The van der Waals surface area contributed by atoms with Crippen LogP contribution >= 0.6 is 0 Å². The Kier molecular flexibility index (Phi) is 2.86. The Morgan fingerprint density at radius 2 is 2.46 bits per heavy atom. The van der Waals surface area contributed by atoms with Crippen LogP contribution in [0.15, 0.2) is 35.8 Å². The molecule has 68 valence electrons. The van der Waals surface area contributed by atoms with E-state index in [0.717, 1.165) is 0 Å². The Bertz CT molecular complexity index is 331. The smallest absolute Gasteiger partial charge is 0.109 e. The fraction of sp³-hybridized carbons (Fsp3) is 0. The van der Waals surface area contributed by atoms with E-state index in [2.05, 4.69) is 22.1 Å². The van der Waals surface area contributed by atoms with Gasteiger partial charge in [-0.1, -0.05) is 6.58 Å². The van der Waals surface area contributed by atoms with Crippen LogP contribution in [0.3, 0.4) is 0 Å². The number of nitrogens with zero attached hydrogens (tertiary/aromatic N) is 2. The minimum absolute atomic E-state index is 0.269. The number of hydrazone groups is 1. The zero-order valence-corrected chi connectivity index (χ0v) is 7.07. The molecule has 0 aliphatic carbocycles. The topological polar surface area (TPSA) is 89.3 Å². The molecular formula is C8H11N5. The van der Waals surface area contributed by atoms with Gasteiger partial charge in [-0.2, -0.15) is 5.10 Å². The van der Waals surface area contributed by atoms with Crippen LogP contribution in [-0.4, -0.2) is 11.2 Å². The van der Waals surface area contributed by atoms with Crippen molar-refractivity contribution < 1.29 is 0 Å². The van der Waals surface area contributed by atoms with Crippen LogP contribution in [0.4, 0.5) is 5.69 Å². The largest absolute Gasteiger partial charge is 0.397 e. The first kappa shape index (κ1) is 9.05. The standard InChI is InChI=1S/C8H11N5/c1-6(9)13-12-5-8-7(10)3-2-4-11-8/h2-5,13H,1,9-10H2/b12-5+. The lowest BCUT2D eigenvalue weighted by molar-refractivity contribution is 0.881. The summed E-state index contributed by atoms with van der Waals surface area (Å²) in [6.07, 6.45) is 3.11. The van der Waals surface area contributed by atoms with Crippen molar-refractivity contribution in [3.63, 3.8) is 0 Å². The second-order valence-electron chi connectivity index (χ2n) is 2.37. The van der Waals surface area contributed by atoms with Gasteiger partial charge in [0.05, 0.1) is 11.9 Å². The number of nitrogen functional groups attached to an aromatic ring is 1. The summed E-state index contributed by atoms with van der Waals surface area (Å²) in [6.45, 7) is 3.41. The molecule has 0 radical (unpaired) electrons. The normalized spacial score (nSPS) is 10.2. The first-order valence-corrected chi connectivity index (χ1v) is 3.64. The average molecular weight is 177 g/mol. The molecule has 0 aliphatic rings. The van der Waals surface area contributed by atoms with Crippen LogP contribution in [0.1, 0.15) is 5.69 Å². The second kappa shape index (κ2) is 4.10. The molecule has 5 heteroatoms. The molecule has 0 fully saturated rings. The van der Waals surface area contributed by atoms with Crippen LogP contribution in [0.5, 0.6) is 0 Å².